The van der Waals surface area contributed by atoms with Crippen molar-refractivity contribution in [1.82, 2.24) is 4.90 Å². The van der Waals surface area contributed by atoms with Crippen LogP contribution in [0.4, 0.5) is 22.0 Å². The number of sulfonamides is 1. The number of carbonyl (C=O) groups excluding carboxylic acids is 1. The Bertz CT molecular complexity index is 703. The third-order valence-corrected chi connectivity index (χ3v) is 4.41. The van der Waals surface area contributed by atoms with Gasteiger partial charge in [-0.05, 0) is 12.1 Å². The van der Waals surface area contributed by atoms with Gasteiger partial charge in [0, 0.05) is 13.1 Å². The van der Waals surface area contributed by atoms with Gasteiger partial charge in [-0.15, -0.1) is 0 Å². The van der Waals surface area contributed by atoms with E-state index in [4.69, 9.17) is 5.14 Å². The van der Waals surface area contributed by atoms with Gasteiger partial charge in [0.25, 0.3) is 5.91 Å². The van der Waals surface area contributed by atoms with E-state index in [0.29, 0.717) is 0 Å². The molecule has 1 heterocycles. The Morgan fingerprint density at radius 3 is 2.00 bits per heavy atom. The quantitative estimate of drug-likeness (QED) is 0.816. The van der Waals surface area contributed by atoms with E-state index in [1.807, 2.05) is 0 Å². The molecule has 0 bridgehead atoms. The molecule has 0 radical (unpaired) electrons. The summed E-state index contributed by atoms with van der Waals surface area (Å²) in [6, 6.07) is 0.0144. The van der Waals surface area contributed by atoms with E-state index in [1.165, 1.54) is 0 Å². The predicted molar refractivity (Wildman–Crippen MR) is 64.2 cm³/mol. The summed E-state index contributed by atoms with van der Waals surface area (Å²) in [5.41, 5.74) is -2.73. The summed E-state index contributed by atoms with van der Waals surface area (Å²) in [4.78, 5) is 12.6. The van der Waals surface area contributed by atoms with Gasteiger partial charge in [-0.1, -0.05) is 0 Å². The molecule has 122 valence electrons. The fraction of sp³-hybridized carbons (Fsp3) is 0.364. The normalized spacial score (nSPS) is 16.5. The summed E-state index contributed by atoms with van der Waals surface area (Å²) in [6.07, 6.45) is -4.96. The van der Waals surface area contributed by atoms with Crippen molar-refractivity contribution in [2.24, 2.45) is 5.14 Å². The molecule has 1 aliphatic heterocycles. The summed E-state index contributed by atoms with van der Waals surface area (Å²) in [5.74, 6) is -4.57. The Morgan fingerprint density at radius 2 is 1.64 bits per heavy atom. The van der Waals surface area contributed by atoms with Crippen LogP contribution in [-0.4, -0.2) is 37.6 Å². The van der Waals surface area contributed by atoms with Gasteiger partial charge in [-0.2, -0.15) is 13.2 Å². The van der Waals surface area contributed by atoms with E-state index < -0.39 is 50.1 Å². The fourth-order valence-electron chi connectivity index (χ4n) is 1.91. The molecule has 0 aliphatic carbocycles. The average molecular weight is 344 g/mol. The second-order valence-corrected chi connectivity index (χ2v) is 6.58. The molecule has 1 aromatic rings. The van der Waals surface area contributed by atoms with Gasteiger partial charge in [0.05, 0.1) is 5.56 Å². The first-order chi connectivity index (χ1) is 9.91. The Balaban J connectivity index is 2.26. The topological polar surface area (TPSA) is 80.5 Å². The fourth-order valence-corrected chi connectivity index (χ4v) is 2.69. The molecule has 11 heteroatoms. The highest BCUT2D eigenvalue weighted by molar-refractivity contribution is 7.89. The lowest BCUT2D eigenvalue weighted by Crippen LogP contribution is -2.58. The largest absolute Gasteiger partial charge is 0.416 e. The number of hydrogen-bond donors (Lipinski definition) is 1. The van der Waals surface area contributed by atoms with Crippen molar-refractivity contribution >= 4 is 15.9 Å². The second kappa shape index (κ2) is 5.16. The number of halogens is 5. The van der Waals surface area contributed by atoms with Crippen molar-refractivity contribution in [3.05, 3.63) is 34.9 Å². The maximum atomic E-state index is 13.6. The van der Waals surface area contributed by atoms with Crippen LogP contribution in [0.5, 0.6) is 0 Å². The third-order valence-electron chi connectivity index (χ3n) is 3.18. The molecule has 22 heavy (non-hydrogen) atoms. The van der Waals surface area contributed by atoms with Crippen LogP contribution in [0.3, 0.4) is 0 Å². The van der Waals surface area contributed by atoms with E-state index in [2.05, 4.69) is 0 Å². The second-order valence-electron chi connectivity index (χ2n) is 4.73. The Labute approximate surface area is 121 Å². The number of alkyl halides is 3. The van der Waals surface area contributed by atoms with Crippen LogP contribution in [0.15, 0.2) is 12.1 Å². The Hall–Kier alpha value is -1.75. The molecule has 0 unspecified atom stereocenters. The summed E-state index contributed by atoms with van der Waals surface area (Å²) in [7, 11) is -3.89. The van der Waals surface area contributed by atoms with E-state index in [9.17, 15) is 35.2 Å². The molecular formula is C11H9F5N2O3S. The molecule has 1 aromatic carbocycles. The molecule has 0 saturated carbocycles. The lowest BCUT2D eigenvalue weighted by molar-refractivity contribution is -0.138. The lowest BCUT2D eigenvalue weighted by Gasteiger charge is -2.37. The zero-order chi connectivity index (χ0) is 16.9. The standard InChI is InChI=1S/C11H9F5N2O3S/c12-7-1-5(11(14,15)16)2-8(13)9(7)10(19)18-3-6(4-18)22(17,20)21/h1-2,6H,3-4H2,(H2,17,20,21). The first-order valence-corrected chi connectivity index (χ1v) is 7.39. The smallest absolute Gasteiger partial charge is 0.336 e. The van der Waals surface area contributed by atoms with Crippen molar-refractivity contribution in [3.8, 4) is 0 Å². The van der Waals surface area contributed by atoms with E-state index in [0.717, 1.165) is 4.90 Å². The van der Waals surface area contributed by atoms with Gasteiger partial charge in [0.15, 0.2) is 0 Å². The molecule has 1 aliphatic rings. The molecule has 0 spiro atoms. The number of rotatable bonds is 2. The molecule has 5 nitrogen and oxygen atoms in total. The van der Waals surface area contributed by atoms with Crippen molar-refractivity contribution in [2.45, 2.75) is 11.4 Å². The first kappa shape index (κ1) is 16.6. The number of nitrogens with zero attached hydrogens (tertiary/aromatic N) is 1. The number of hydrogen-bond acceptors (Lipinski definition) is 3. The van der Waals surface area contributed by atoms with E-state index in [-0.39, 0.29) is 25.2 Å². The Kier molecular flexibility index (Phi) is 3.90. The molecule has 1 fully saturated rings. The third kappa shape index (κ3) is 3.04. The summed E-state index contributed by atoms with van der Waals surface area (Å²) in [6.45, 7) is -0.755. The molecular weight excluding hydrogens is 335 g/mol. The summed E-state index contributed by atoms with van der Waals surface area (Å²) >= 11 is 0. The van der Waals surface area contributed by atoms with Crippen LogP contribution in [-0.2, 0) is 16.2 Å². The highest BCUT2D eigenvalue weighted by Gasteiger charge is 2.40. The van der Waals surface area contributed by atoms with Gasteiger partial charge >= 0.3 is 6.18 Å². The maximum Gasteiger partial charge on any atom is 0.416 e. The van der Waals surface area contributed by atoms with Crippen LogP contribution in [0.25, 0.3) is 0 Å². The number of likely N-dealkylation sites (tertiary alicyclic amines) is 1. The Morgan fingerprint density at radius 1 is 1.18 bits per heavy atom. The summed E-state index contributed by atoms with van der Waals surface area (Å²) in [5, 5.41) is 3.77. The lowest BCUT2D eigenvalue weighted by atomic mass is 10.1. The van der Waals surface area contributed by atoms with Crippen LogP contribution >= 0.6 is 0 Å². The number of amides is 1. The number of nitrogens with two attached hydrogens (primary N) is 1. The van der Waals surface area contributed by atoms with Crippen molar-refractivity contribution in [2.75, 3.05) is 13.1 Å². The highest BCUT2D eigenvalue weighted by Crippen LogP contribution is 2.32. The van der Waals surface area contributed by atoms with Crippen LogP contribution in [0, 0.1) is 11.6 Å². The van der Waals surface area contributed by atoms with Crippen molar-refractivity contribution < 1.29 is 35.2 Å². The number of primary sulfonamides is 1. The van der Waals surface area contributed by atoms with Crippen molar-refractivity contribution in [3.63, 3.8) is 0 Å². The van der Waals surface area contributed by atoms with Gasteiger partial charge in [0.2, 0.25) is 10.0 Å². The zero-order valence-electron chi connectivity index (χ0n) is 10.7. The van der Waals surface area contributed by atoms with Crippen molar-refractivity contribution in [1.29, 1.82) is 0 Å². The number of carbonyl (C=O) groups is 1. The molecule has 1 saturated heterocycles. The molecule has 0 atom stereocenters. The SMILES string of the molecule is NS(=O)(=O)C1CN(C(=O)c2c(F)cc(C(F)(F)F)cc2F)C1. The van der Waals surface area contributed by atoms with Gasteiger partial charge in [0.1, 0.15) is 22.4 Å². The molecule has 2 rings (SSSR count). The maximum absolute atomic E-state index is 13.6. The summed E-state index contributed by atoms with van der Waals surface area (Å²) < 4.78 is 86.3. The molecule has 1 amide bonds. The highest BCUT2D eigenvalue weighted by atomic mass is 32.2. The first-order valence-electron chi connectivity index (χ1n) is 5.78. The van der Waals surface area contributed by atoms with Gasteiger partial charge in [-0.25, -0.2) is 22.3 Å². The monoisotopic (exact) mass is 344 g/mol. The van der Waals surface area contributed by atoms with Crippen LogP contribution in [0.1, 0.15) is 15.9 Å². The minimum Gasteiger partial charge on any atom is -0.336 e. The van der Waals surface area contributed by atoms with Crippen LogP contribution < -0.4 is 5.14 Å². The molecule has 2 N–H and O–H groups in total. The van der Waals surface area contributed by atoms with E-state index >= 15 is 0 Å². The van der Waals surface area contributed by atoms with E-state index in [1.54, 1.807) is 0 Å². The number of benzene rings is 1. The molecule has 0 aromatic heterocycles. The zero-order valence-corrected chi connectivity index (χ0v) is 11.5. The van der Waals surface area contributed by atoms with Crippen LogP contribution in [0.2, 0.25) is 0 Å². The van der Waals surface area contributed by atoms with Gasteiger partial charge < -0.3 is 4.90 Å². The predicted octanol–water partition coefficient (Wildman–Crippen LogP) is 1.10. The van der Waals surface area contributed by atoms with Gasteiger partial charge in [-0.3, -0.25) is 4.79 Å². The minimum atomic E-state index is -4.96. The average Bonchev–Trinajstić information content (AvgIpc) is 2.22. The minimum absolute atomic E-state index is 0.00720.